The van der Waals surface area contributed by atoms with Crippen molar-refractivity contribution in [2.75, 3.05) is 11.5 Å². The van der Waals surface area contributed by atoms with E-state index in [2.05, 4.69) is 26.0 Å². The molecule has 1 heterocycles. The standard InChI is InChI=1S/C10H12S2/c1-7-3-4-8(2)10-9(7)11-5-6-12-10/h3-4H,5-6H2,1-2H3. The average molecular weight is 196 g/mol. The lowest BCUT2D eigenvalue weighted by molar-refractivity contribution is 1.10. The molecule has 2 heteroatoms. The Morgan fingerprint density at radius 1 is 0.917 bits per heavy atom. The molecule has 12 heavy (non-hydrogen) atoms. The van der Waals surface area contributed by atoms with Gasteiger partial charge in [0.2, 0.25) is 0 Å². The highest BCUT2D eigenvalue weighted by Crippen LogP contribution is 2.40. The molecule has 0 bridgehead atoms. The average Bonchev–Trinajstić information content (AvgIpc) is 2.12. The van der Waals surface area contributed by atoms with Gasteiger partial charge in [-0.3, -0.25) is 0 Å². The Morgan fingerprint density at radius 2 is 1.33 bits per heavy atom. The van der Waals surface area contributed by atoms with Gasteiger partial charge in [-0.2, -0.15) is 0 Å². The summed E-state index contributed by atoms with van der Waals surface area (Å²) in [7, 11) is 0. The van der Waals surface area contributed by atoms with Crippen LogP contribution >= 0.6 is 23.5 Å². The Bertz CT molecular complexity index is 274. The van der Waals surface area contributed by atoms with Crippen LogP contribution in [0.1, 0.15) is 11.1 Å². The van der Waals surface area contributed by atoms with Crippen LogP contribution in [-0.2, 0) is 0 Å². The van der Waals surface area contributed by atoms with Crippen LogP contribution < -0.4 is 0 Å². The van der Waals surface area contributed by atoms with Crippen LogP contribution in [0, 0.1) is 13.8 Å². The van der Waals surface area contributed by atoms with Gasteiger partial charge in [-0.05, 0) is 25.0 Å². The van der Waals surface area contributed by atoms with Gasteiger partial charge < -0.3 is 0 Å². The SMILES string of the molecule is Cc1ccc(C)c2c1SCCS2. The number of thioether (sulfide) groups is 2. The Morgan fingerprint density at radius 3 is 1.75 bits per heavy atom. The third kappa shape index (κ3) is 1.38. The summed E-state index contributed by atoms with van der Waals surface area (Å²) in [5.74, 6) is 2.53. The van der Waals surface area contributed by atoms with Crippen molar-refractivity contribution in [3.05, 3.63) is 23.3 Å². The number of benzene rings is 1. The van der Waals surface area contributed by atoms with Gasteiger partial charge in [0.05, 0.1) is 0 Å². The molecule has 1 aliphatic rings. The molecule has 0 nitrogen and oxygen atoms in total. The number of hydrogen-bond acceptors (Lipinski definition) is 2. The van der Waals surface area contributed by atoms with Gasteiger partial charge in [-0.1, -0.05) is 12.1 Å². The van der Waals surface area contributed by atoms with Crippen LogP contribution in [-0.4, -0.2) is 11.5 Å². The maximum absolute atomic E-state index is 2.23. The van der Waals surface area contributed by atoms with Gasteiger partial charge >= 0.3 is 0 Å². The summed E-state index contributed by atoms with van der Waals surface area (Å²) in [5.41, 5.74) is 2.88. The maximum atomic E-state index is 2.23. The van der Waals surface area contributed by atoms with E-state index in [9.17, 15) is 0 Å². The van der Waals surface area contributed by atoms with Crippen LogP contribution in [0.3, 0.4) is 0 Å². The third-order valence-electron chi connectivity index (χ3n) is 2.08. The van der Waals surface area contributed by atoms with Gasteiger partial charge in [0.15, 0.2) is 0 Å². The van der Waals surface area contributed by atoms with Crippen molar-refractivity contribution in [1.29, 1.82) is 0 Å². The Hall–Kier alpha value is -0.0800. The lowest BCUT2D eigenvalue weighted by Gasteiger charge is -2.18. The van der Waals surface area contributed by atoms with Crippen molar-refractivity contribution in [1.82, 2.24) is 0 Å². The monoisotopic (exact) mass is 196 g/mol. The van der Waals surface area contributed by atoms with E-state index in [4.69, 9.17) is 0 Å². The summed E-state index contributed by atoms with van der Waals surface area (Å²) in [6.07, 6.45) is 0. The van der Waals surface area contributed by atoms with Crippen LogP contribution in [0.15, 0.2) is 21.9 Å². The molecule has 1 aromatic rings. The minimum Gasteiger partial charge on any atom is -0.124 e. The molecule has 2 rings (SSSR count). The van der Waals surface area contributed by atoms with E-state index >= 15 is 0 Å². The largest absolute Gasteiger partial charge is 0.124 e. The highest BCUT2D eigenvalue weighted by molar-refractivity contribution is 8.05. The molecule has 0 spiro atoms. The molecule has 0 amide bonds. The lowest BCUT2D eigenvalue weighted by atomic mass is 10.2. The van der Waals surface area contributed by atoms with E-state index in [1.807, 2.05) is 23.5 Å². The number of aryl methyl sites for hydroxylation is 2. The van der Waals surface area contributed by atoms with Crippen molar-refractivity contribution >= 4 is 23.5 Å². The van der Waals surface area contributed by atoms with Crippen molar-refractivity contribution in [2.45, 2.75) is 23.6 Å². The molecule has 0 unspecified atom stereocenters. The first-order valence-electron chi connectivity index (χ1n) is 4.15. The van der Waals surface area contributed by atoms with E-state index < -0.39 is 0 Å². The second kappa shape index (κ2) is 3.35. The molecule has 0 aromatic heterocycles. The number of fused-ring (bicyclic) bond motifs is 1. The van der Waals surface area contributed by atoms with E-state index in [1.54, 1.807) is 0 Å². The molecule has 1 aliphatic heterocycles. The van der Waals surface area contributed by atoms with Crippen molar-refractivity contribution in [3.8, 4) is 0 Å². The molecule has 0 saturated heterocycles. The molecule has 1 aromatic carbocycles. The summed E-state index contributed by atoms with van der Waals surface area (Å²) in [4.78, 5) is 3.04. The zero-order valence-electron chi connectivity index (χ0n) is 7.39. The molecular weight excluding hydrogens is 184 g/mol. The molecule has 0 N–H and O–H groups in total. The molecule has 0 atom stereocenters. The van der Waals surface area contributed by atoms with Crippen LogP contribution in [0.25, 0.3) is 0 Å². The van der Waals surface area contributed by atoms with Gasteiger partial charge in [0, 0.05) is 21.3 Å². The summed E-state index contributed by atoms with van der Waals surface area (Å²) >= 11 is 4.02. The van der Waals surface area contributed by atoms with E-state index in [-0.39, 0.29) is 0 Å². The minimum atomic E-state index is 1.27. The number of hydrogen-bond donors (Lipinski definition) is 0. The predicted octanol–water partition coefficient (Wildman–Crippen LogP) is 3.50. The fourth-order valence-corrected chi connectivity index (χ4v) is 4.01. The fraction of sp³-hybridized carbons (Fsp3) is 0.400. The van der Waals surface area contributed by atoms with E-state index in [1.165, 1.54) is 32.4 Å². The minimum absolute atomic E-state index is 1.27. The quantitative estimate of drug-likeness (QED) is 0.623. The molecule has 64 valence electrons. The highest BCUT2D eigenvalue weighted by atomic mass is 32.2. The number of rotatable bonds is 0. The maximum Gasteiger partial charge on any atom is 0.0240 e. The Balaban J connectivity index is 2.57. The molecular formula is C10H12S2. The molecule has 0 saturated carbocycles. The summed E-state index contributed by atoms with van der Waals surface area (Å²) in [5, 5.41) is 0. The smallest absolute Gasteiger partial charge is 0.0240 e. The lowest BCUT2D eigenvalue weighted by Crippen LogP contribution is -1.97. The first-order chi connectivity index (χ1) is 5.79. The molecule has 0 aliphatic carbocycles. The molecule has 0 radical (unpaired) electrons. The topological polar surface area (TPSA) is 0 Å². The van der Waals surface area contributed by atoms with Crippen LogP contribution in [0.5, 0.6) is 0 Å². The van der Waals surface area contributed by atoms with Gasteiger partial charge in [-0.15, -0.1) is 23.5 Å². The van der Waals surface area contributed by atoms with Crippen molar-refractivity contribution < 1.29 is 0 Å². The first kappa shape index (κ1) is 8.52. The first-order valence-corrected chi connectivity index (χ1v) is 6.12. The summed E-state index contributed by atoms with van der Waals surface area (Å²) < 4.78 is 0. The fourth-order valence-electron chi connectivity index (χ4n) is 1.41. The third-order valence-corrected chi connectivity index (χ3v) is 4.92. The van der Waals surface area contributed by atoms with Gasteiger partial charge in [-0.25, -0.2) is 0 Å². The normalized spacial score (nSPS) is 15.8. The van der Waals surface area contributed by atoms with E-state index in [0.717, 1.165) is 0 Å². The van der Waals surface area contributed by atoms with Crippen molar-refractivity contribution in [2.24, 2.45) is 0 Å². The Kier molecular flexibility index (Phi) is 2.37. The van der Waals surface area contributed by atoms with Crippen molar-refractivity contribution in [3.63, 3.8) is 0 Å². The molecule has 0 fully saturated rings. The second-order valence-electron chi connectivity index (χ2n) is 3.05. The zero-order valence-corrected chi connectivity index (χ0v) is 9.02. The highest BCUT2D eigenvalue weighted by Gasteiger charge is 2.13. The van der Waals surface area contributed by atoms with Crippen LogP contribution in [0.4, 0.5) is 0 Å². The van der Waals surface area contributed by atoms with Gasteiger partial charge in [0.1, 0.15) is 0 Å². The zero-order chi connectivity index (χ0) is 8.55. The Labute approximate surface area is 82.1 Å². The second-order valence-corrected chi connectivity index (χ2v) is 5.26. The van der Waals surface area contributed by atoms with E-state index in [0.29, 0.717) is 0 Å². The van der Waals surface area contributed by atoms with Gasteiger partial charge in [0.25, 0.3) is 0 Å². The summed E-state index contributed by atoms with van der Waals surface area (Å²) in [6.45, 7) is 4.41. The predicted molar refractivity (Wildman–Crippen MR) is 57.4 cm³/mol. The summed E-state index contributed by atoms with van der Waals surface area (Å²) in [6, 6.07) is 4.46. The van der Waals surface area contributed by atoms with Crippen LogP contribution in [0.2, 0.25) is 0 Å².